The van der Waals surface area contributed by atoms with Crippen molar-refractivity contribution < 1.29 is 9.53 Å². The normalized spacial score (nSPS) is 9.50. The Hall–Kier alpha value is -2.73. The minimum atomic E-state index is -0.00931. The van der Waals surface area contributed by atoms with E-state index in [2.05, 4.69) is 17.2 Å². The summed E-state index contributed by atoms with van der Waals surface area (Å²) in [7, 11) is 1.65. The molecule has 3 heteroatoms. The lowest BCUT2D eigenvalue weighted by atomic mass is 10.1. The first-order chi connectivity index (χ1) is 10.8. The molecule has 22 heavy (non-hydrogen) atoms. The molecule has 112 valence electrons. The summed E-state index contributed by atoms with van der Waals surface area (Å²) < 4.78 is 5.10. The molecule has 3 nitrogen and oxygen atoms in total. The smallest absolute Gasteiger partial charge is 0.225 e. The second kappa shape index (κ2) is 8.53. The van der Waals surface area contributed by atoms with Crippen LogP contribution in [0, 0.1) is 11.8 Å². The van der Waals surface area contributed by atoms with E-state index >= 15 is 0 Å². The molecule has 0 fully saturated rings. The van der Waals surface area contributed by atoms with Crippen LogP contribution in [0.25, 0.3) is 0 Å². The van der Waals surface area contributed by atoms with E-state index in [0.29, 0.717) is 19.4 Å². The number of rotatable bonds is 5. The van der Waals surface area contributed by atoms with Gasteiger partial charge in [0, 0.05) is 6.42 Å². The van der Waals surface area contributed by atoms with Gasteiger partial charge in [-0.1, -0.05) is 54.3 Å². The van der Waals surface area contributed by atoms with Crippen LogP contribution in [0.2, 0.25) is 0 Å². The summed E-state index contributed by atoms with van der Waals surface area (Å²) >= 11 is 0. The summed E-state index contributed by atoms with van der Waals surface area (Å²) in [5.74, 6) is 6.85. The second-order valence-corrected chi connectivity index (χ2v) is 4.82. The van der Waals surface area contributed by atoms with Gasteiger partial charge in [0.05, 0.1) is 20.1 Å². The van der Waals surface area contributed by atoms with Crippen LogP contribution >= 0.6 is 0 Å². The number of carbonyl (C=O) groups excluding carboxylic acids is 1. The van der Waals surface area contributed by atoms with Gasteiger partial charge >= 0.3 is 0 Å². The van der Waals surface area contributed by atoms with Crippen LogP contribution in [0.5, 0.6) is 5.75 Å². The molecule has 0 unspecified atom stereocenters. The molecule has 1 N–H and O–H groups in total. The first kappa shape index (κ1) is 15.7. The number of nitrogens with one attached hydrogen (secondary N) is 1. The second-order valence-electron chi connectivity index (χ2n) is 4.82. The first-order valence-electron chi connectivity index (χ1n) is 7.17. The van der Waals surface area contributed by atoms with Crippen LogP contribution in [0.3, 0.4) is 0 Å². The molecule has 1 amide bonds. The highest BCUT2D eigenvalue weighted by atomic mass is 16.5. The molecule has 2 aromatic carbocycles. The molecule has 0 aliphatic rings. The van der Waals surface area contributed by atoms with Crippen molar-refractivity contribution in [3.63, 3.8) is 0 Å². The van der Waals surface area contributed by atoms with Crippen molar-refractivity contribution in [1.29, 1.82) is 0 Å². The molecular formula is C19H19NO2. The predicted molar refractivity (Wildman–Crippen MR) is 87.6 cm³/mol. The fraction of sp³-hybridized carbons (Fsp3) is 0.211. The van der Waals surface area contributed by atoms with Gasteiger partial charge in [-0.2, -0.15) is 0 Å². The summed E-state index contributed by atoms with van der Waals surface area (Å²) in [6, 6.07) is 17.5. The Morgan fingerprint density at radius 1 is 1.00 bits per heavy atom. The molecular weight excluding hydrogens is 274 g/mol. The van der Waals surface area contributed by atoms with E-state index in [1.54, 1.807) is 7.11 Å². The maximum Gasteiger partial charge on any atom is 0.225 e. The number of benzene rings is 2. The van der Waals surface area contributed by atoms with Crippen LogP contribution in [0.1, 0.15) is 11.1 Å². The van der Waals surface area contributed by atoms with E-state index in [0.717, 1.165) is 16.9 Å². The molecule has 0 spiro atoms. The molecule has 0 radical (unpaired) electrons. The van der Waals surface area contributed by atoms with Crippen LogP contribution in [-0.2, 0) is 17.6 Å². The van der Waals surface area contributed by atoms with Crippen molar-refractivity contribution in [2.75, 3.05) is 13.7 Å². The number of methoxy groups -OCH3 is 1. The maximum atomic E-state index is 11.7. The zero-order valence-corrected chi connectivity index (χ0v) is 12.6. The topological polar surface area (TPSA) is 38.3 Å². The van der Waals surface area contributed by atoms with Crippen molar-refractivity contribution in [3.05, 3.63) is 65.7 Å². The molecule has 0 heterocycles. The van der Waals surface area contributed by atoms with E-state index in [4.69, 9.17) is 4.74 Å². The lowest BCUT2D eigenvalue weighted by Crippen LogP contribution is -2.25. The highest BCUT2D eigenvalue weighted by molar-refractivity contribution is 5.78. The standard InChI is InChI=1S/C19H19NO2/c1-22-18-12-10-16(11-13-18)7-5-6-14-20-19(21)15-17-8-3-2-4-9-17/h2-4,8-13H,7,14-15H2,1H3,(H,20,21). The largest absolute Gasteiger partial charge is 0.497 e. The summed E-state index contributed by atoms with van der Waals surface area (Å²) in [4.78, 5) is 11.7. The summed E-state index contributed by atoms with van der Waals surface area (Å²) in [6.07, 6.45) is 1.06. The van der Waals surface area contributed by atoms with Crippen molar-refractivity contribution in [2.24, 2.45) is 0 Å². The van der Waals surface area contributed by atoms with E-state index < -0.39 is 0 Å². The quantitative estimate of drug-likeness (QED) is 0.861. The lowest BCUT2D eigenvalue weighted by Gasteiger charge is -2.01. The molecule has 0 aliphatic carbocycles. The fourth-order valence-corrected chi connectivity index (χ4v) is 1.96. The lowest BCUT2D eigenvalue weighted by molar-refractivity contribution is -0.120. The van der Waals surface area contributed by atoms with Gasteiger partial charge < -0.3 is 10.1 Å². The molecule has 0 aliphatic heterocycles. The van der Waals surface area contributed by atoms with E-state index in [-0.39, 0.29) is 5.91 Å². The molecule has 0 aromatic heterocycles. The average molecular weight is 293 g/mol. The summed E-state index contributed by atoms with van der Waals surface area (Å²) in [6.45, 7) is 0.377. The van der Waals surface area contributed by atoms with Gasteiger partial charge in [-0.3, -0.25) is 4.79 Å². The van der Waals surface area contributed by atoms with Gasteiger partial charge in [0.1, 0.15) is 5.75 Å². The third kappa shape index (κ3) is 5.34. The summed E-state index contributed by atoms with van der Waals surface area (Å²) in [5, 5.41) is 2.80. The Labute approximate surface area is 131 Å². The van der Waals surface area contributed by atoms with Crippen molar-refractivity contribution in [3.8, 4) is 17.6 Å². The van der Waals surface area contributed by atoms with Gasteiger partial charge in [0.2, 0.25) is 5.91 Å². The van der Waals surface area contributed by atoms with E-state index in [9.17, 15) is 4.79 Å². The zero-order chi connectivity index (χ0) is 15.6. The maximum absolute atomic E-state index is 11.7. The molecule has 2 aromatic rings. The van der Waals surface area contributed by atoms with Crippen LogP contribution in [0.4, 0.5) is 0 Å². The Morgan fingerprint density at radius 2 is 1.73 bits per heavy atom. The van der Waals surface area contributed by atoms with E-state index in [1.165, 1.54) is 0 Å². The number of hydrogen-bond donors (Lipinski definition) is 1. The van der Waals surface area contributed by atoms with Gasteiger partial charge in [0.15, 0.2) is 0 Å². The first-order valence-corrected chi connectivity index (χ1v) is 7.17. The minimum absolute atomic E-state index is 0.00931. The number of ether oxygens (including phenoxy) is 1. The van der Waals surface area contributed by atoms with Crippen LogP contribution in [0.15, 0.2) is 54.6 Å². The average Bonchev–Trinajstić information content (AvgIpc) is 2.56. The molecule has 0 saturated carbocycles. The van der Waals surface area contributed by atoms with E-state index in [1.807, 2.05) is 54.6 Å². The fourth-order valence-electron chi connectivity index (χ4n) is 1.96. The Kier molecular flexibility index (Phi) is 6.07. The van der Waals surface area contributed by atoms with Crippen molar-refractivity contribution >= 4 is 5.91 Å². The Morgan fingerprint density at radius 3 is 2.41 bits per heavy atom. The Balaban J connectivity index is 1.71. The van der Waals surface area contributed by atoms with Crippen molar-refractivity contribution in [1.82, 2.24) is 5.32 Å². The molecule has 0 bridgehead atoms. The van der Waals surface area contributed by atoms with Crippen molar-refractivity contribution in [2.45, 2.75) is 12.8 Å². The highest BCUT2D eigenvalue weighted by Crippen LogP contribution is 2.11. The van der Waals surface area contributed by atoms with Crippen LogP contribution < -0.4 is 10.1 Å². The molecule has 2 rings (SSSR count). The summed E-state index contributed by atoms with van der Waals surface area (Å²) in [5.41, 5.74) is 2.13. The monoisotopic (exact) mass is 293 g/mol. The number of hydrogen-bond acceptors (Lipinski definition) is 2. The van der Waals surface area contributed by atoms with Gasteiger partial charge in [-0.05, 0) is 23.3 Å². The minimum Gasteiger partial charge on any atom is -0.497 e. The number of carbonyl (C=O) groups is 1. The van der Waals surface area contributed by atoms with Gasteiger partial charge in [-0.15, -0.1) is 0 Å². The Bertz CT molecular complexity index is 651. The van der Waals surface area contributed by atoms with Crippen LogP contribution in [-0.4, -0.2) is 19.6 Å². The predicted octanol–water partition coefficient (Wildman–Crippen LogP) is 2.60. The molecule has 0 atom stereocenters. The number of amides is 1. The zero-order valence-electron chi connectivity index (χ0n) is 12.6. The van der Waals surface area contributed by atoms with Gasteiger partial charge in [0.25, 0.3) is 0 Å². The van der Waals surface area contributed by atoms with Gasteiger partial charge in [-0.25, -0.2) is 0 Å². The SMILES string of the molecule is COc1ccc(CC#CCNC(=O)Cc2ccccc2)cc1. The highest BCUT2D eigenvalue weighted by Gasteiger charge is 2.00. The molecule has 0 saturated heterocycles. The third-order valence-corrected chi connectivity index (χ3v) is 3.16. The third-order valence-electron chi connectivity index (χ3n) is 3.16.